The van der Waals surface area contributed by atoms with Crippen molar-refractivity contribution in [2.24, 2.45) is 0 Å². The lowest BCUT2D eigenvalue weighted by molar-refractivity contribution is 0.0439. The Bertz CT molecular complexity index is 1290. The summed E-state index contributed by atoms with van der Waals surface area (Å²) in [5.41, 5.74) is 1.60. The van der Waals surface area contributed by atoms with E-state index in [0.29, 0.717) is 24.5 Å². The van der Waals surface area contributed by atoms with Gasteiger partial charge in [0.25, 0.3) is 5.91 Å². The fourth-order valence-corrected chi connectivity index (χ4v) is 3.86. The van der Waals surface area contributed by atoms with Gasteiger partial charge in [-0.1, -0.05) is 18.2 Å². The number of aliphatic hydroxyl groups is 1. The second kappa shape index (κ2) is 6.98. The Morgan fingerprint density at radius 3 is 2.84 bits per heavy atom. The van der Waals surface area contributed by atoms with Crippen molar-refractivity contribution in [3.05, 3.63) is 71.3 Å². The standard InChI is InChI=1S/C22H22N6O3/c1-12-18(31-21(26-12)22(2,3)30)20(29)28-9-8-15-16(25-11-24-15)17(28)19-23-10-13-6-4-5-7-14(13)27-19/h4-7,10-11,17,30H,8-9H2,1-3H3,(H,24,25)/t17-/m1/s1. The van der Waals surface area contributed by atoms with E-state index >= 15 is 0 Å². The van der Waals surface area contributed by atoms with E-state index in [0.717, 1.165) is 22.3 Å². The van der Waals surface area contributed by atoms with Crippen molar-refractivity contribution in [3.63, 3.8) is 0 Å². The van der Waals surface area contributed by atoms with Gasteiger partial charge in [-0.25, -0.2) is 19.9 Å². The topological polar surface area (TPSA) is 121 Å². The highest BCUT2D eigenvalue weighted by Crippen LogP contribution is 2.34. The van der Waals surface area contributed by atoms with Crippen molar-refractivity contribution < 1.29 is 14.3 Å². The molecule has 0 radical (unpaired) electrons. The maximum absolute atomic E-state index is 13.6. The van der Waals surface area contributed by atoms with Gasteiger partial charge in [-0.15, -0.1) is 0 Å². The largest absolute Gasteiger partial charge is 0.432 e. The third-order valence-electron chi connectivity index (χ3n) is 5.45. The molecule has 9 heteroatoms. The van der Waals surface area contributed by atoms with Crippen LogP contribution in [0.15, 0.2) is 41.2 Å². The second-order valence-electron chi connectivity index (χ2n) is 8.20. The SMILES string of the molecule is Cc1nc(C(C)(C)O)oc1C(=O)N1CCc2[nH]cnc2[C@@H]1c1ncc2ccccc2n1. The van der Waals surface area contributed by atoms with Crippen LogP contribution < -0.4 is 0 Å². The molecule has 1 amide bonds. The number of hydrogen-bond donors (Lipinski definition) is 2. The van der Waals surface area contributed by atoms with E-state index in [-0.39, 0.29) is 17.6 Å². The van der Waals surface area contributed by atoms with Crippen LogP contribution in [-0.2, 0) is 12.0 Å². The van der Waals surface area contributed by atoms with Gasteiger partial charge in [0.15, 0.2) is 5.82 Å². The van der Waals surface area contributed by atoms with Crippen LogP contribution in [0.1, 0.15) is 59.2 Å². The number of amides is 1. The van der Waals surface area contributed by atoms with Crippen LogP contribution in [0.2, 0.25) is 0 Å². The summed E-state index contributed by atoms with van der Waals surface area (Å²) >= 11 is 0. The number of carbonyl (C=O) groups is 1. The van der Waals surface area contributed by atoms with Crippen molar-refractivity contribution in [2.45, 2.75) is 38.8 Å². The van der Waals surface area contributed by atoms with Crippen molar-refractivity contribution in [2.75, 3.05) is 6.54 Å². The summed E-state index contributed by atoms with van der Waals surface area (Å²) in [5.74, 6) is 0.349. The maximum atomic E-state index is 13.6. The highest BCUT2D eigenvalue weighted by Gasteiger charge is 2.39. The van der Waals surface area contributed by atoms with Gasteiger partial charge >= 0.3 is 0 Å². The molecule has 4 aromatic rings. The molecule has 158 valence electrons. The number of oxazole rings is 1. The van der Waals surface area contributed by atoms with Crippen LogP contribution in [0.5, 0.6) is 0 Å². The number of fused-ring (bicyclic) bond motifs is 2. The number of hydrogen-bond acceptors (Lipinski definition) is 7. The molecule has 1 aliphatic rings. The number of H-pyrrole nitrogens is 1. The van der Waals surface area contributed by atoms with Crippen LogP contribution in [0.3, 0.4) is 0 Å². The average molecular weight is 418 g/mol. The molecule has 0 spiro atoms. The summed E-state index contributed by atoms with van der Waals surface area (Å²) in [5, 5.41) is 11.2. The first-order valence-electron chi connectivity index (χ1n) is 10.1. The van der Waals surface area contributed by atoms with Crippen molar-refractivity contribution in [3.8, 4) is 0 Å². The lowest BCUT2D eigenvalue weighted by atomic mass is 10.0. The molecule has 0 fully saturated rings. The lowest BCUT2D eigenvalue weighted by Crippen LogP contribution is -2.41. The van der Waals surface area contributed by atoms with E-state index in [9.17, 15) is 9.90 Å². The molecule has 5 rings (SSSR count). The predicted molar refractivity (Wildman–Crippen MR) is 111 cm³/mol. The number of aryl methyl sites for hydroxylation is 1. The Balaban J connectivity index is 1.60. The Morgan fingerprint density at radius 2 is 2.06 bits per heavy atom. The number of nitrogens with one attached hydrogen (secondary N) is 1. The van der Waals surface area contributed by atoms with Crippen LogP contribution in [0.25, 0.3) is 10.9 Å². The van der Waals surface area contributed by atoms with Gasteiger partial charge in [-0.3, -0.25) is 4.79 Å². The summed E-state index contributed by atoms with van der Waals surface area (Å²) in [4.78, 5) is 36.4. The molecule has 4 heterocycles. The Kier molecular flexibility index (Phi) is 4.37. The number of rotatable bonds is 3. The van der Waals surface area contributed by atoms with Gasteiger partial charge in [0.05, 0.1) is 23.2 Å². The fraction of sp³-hybridized carbons (Fsp3) is 0.318. The molecule has 0 saturated heterocycles. The minimum atomic E-state index is -1.29. The first kappa shape index (κ1) is 19.4. The van der Waals surface area contributed by atoms with E-state index < -0.39 is 11.6 Å². The highest BCUT2D eigenvalue weighted by atomic mass is 16.4. The van der Waals surface area contributed by atoms with Gasteiger partial charge in [0, 0.05) is 30.2 Å². The zero-order valence-corrected chi connectivity index (χ0v) is 17.5. The predicted octanol–water partition coefficient (Wildman–Crippen LogP) is 2.66. The zero-order chi connectivity index (χ0) is 21.8. The third kappa shape index (κ3) is 3.27. The van der Waals surface area contributed by atoms with Crippen LogP contribution >= 0.6 is 0 Å². The number of nitrogens with zero attached hydrogens (tertiary/aromatic N) is 5. The Morgan fingerprint density at radius 1 is 1.26 bits per heavy atom. The zero-order valence-electron chi connectivity index (χ0n) is 17.5. The number of benzene rings is 1. The van der Waals surface area contributed by atoms with E-state index in [4.69, 9.17) is 9.40 Å². The minimum Gasteiger partial charge on any atom is -0.432 e. The quantitative estimate of drug-likeness (QED) is 0.525. The van der Waals surface area contributed by atoms with Gasteiger partial charge in [-0.05, 0) is 26.8 Å². The molecule has 3 aromatic heterocycles. The molecule has 1 aromatic carbocycles. The van der Waals surface area contributed by atoms with E-state index in [1.165, 1.54) is 0 Å². The van der Waals surface area contributed by atoms with Crippen LogP contribution in [0.4, 0.5) is 0 Å². The molecule has 0 saturated carbocycles. The molecular formula is C22H22N6O3. The van der Waals surface area contributed by atoms with Crippen molar-refractivity contribution in [1.29, 1.82) is 0 Å². The average Bonchev–Trinajstić information content (AvgIpc) is 3.38. The minimum absolute atomic E-state index is 0.0990. The molecule has 0 unspecified atom stereocenters. The van der Waals surface area contributed by atoms with Gasteiger partial charge in [0.1, 0.15) is 11.6 Å². The Labute approximate surface area is 178 Å². The fourth-order valence-electron chi connectivity index (χ4n) is 3.86. The number of carbonyl (C=O) groups excluding carboxylic acids is 1. The van der Waals surface area contributed by atoms with E-state index in [1.54, 1.807) is 38.2 Å². The van der Waals surface area contributed by atoms with Gasteiger partial charge < -0.3 is 19.4 Å². The Hall–Kier alpha value is -3.59. The molecule has 0 bridgehead atoms. The molecular weight excluding hydrogens is 396 g/mol. The molecule has 9 nitrogen and oxygen atoms in total. The summed E-state index contributed by atoms with van der Waals surface area (Å²) in [6.45, 7) is 5.26. The monoisotopic (exact) mass is 418 g/mol. The third-order valence-corrected chi connectivity index (χ3v) is 5.45. The molecule has 0 aliphatic carbocycles. The summed E-state index contributed by atoms with van der Waals surface area (Å²) in [7, 11) is 0. The molecule has 1 atom stereocenters. The second-order valence-corrected chi connectivity index (χ2v) is 8.20. The molecule has 1 aliphatic heterocycles. The number of aromatic nitrogens is 5. The smallest absolute Gasteiger partial charge is 0.292 e. The van der Waals surface area contributed by atoms with E-state index in [1.807, 2.05) is 24.3 Å². The normalized spacial score (nSPS) is 16.5. The highest BCUT2D eigenvalue weighted by molar-refractivity contribution is 5.93. The summed E-state index contributed by atoms with van der Waals surface area (Å²) < 4.78 is 5.70. The van der Waals surface area contributed by atoms with Crippen molar-refractivity contribution in [1.82, 2.24) is 29.8 Å². The lowest BCUT2D eigenvalue weighted by Gasteiger charge is -2.33. The van der Waals surface area contributed by atoms with Gasteiger partial charge in [0.2, 0.25) is 11.7 Å². The number of imidazole rings is 1. The number of para-hydroxylation sites is 1. The summed E-state index contributed by atoms with van der Waals surface area (Å²) in [6, 6.07) is 7.14. The van der Waals surface area contributed by atoms with Gasteiger partial charge in [-0.2, -0.15) is 0 Å². The molecule has 31 heavy (non-hydrogen) atoms. The molecule has 2 N–H and O–H groups in total. The first-order chi connectivity index (χ1) is 14.8. The number of aromatic amines is 1. The van der Waals surface area contributed by atoms with E-state index in [2.05, 4.69) is 19.9 Å². The van der Waals surface area contributed by atoms with Crippen molar-refractivity contribution >= 4 is 16.8 Å². The van der Waals surface area contributed by atoms with Crippen LogP contribution in [0, 0.1) is 6.92 Å². The maximum Gasteiger partial charge on any atom is 0.292 e. The summed E-state index contributed by atoms with van der Waals surface area (Å²) in [6.07, 6.45) is 4.00. The van der Waals surface area contributed by atoms with Crippen LogP contribution in [-0.4, -0.2) is 47.4 Å². The first-order valence-corrected chi connectivity index (χ1v) is 10.1.